The Kier molecular flexibility index (Phi) is 20.0. The number of thiol groups is 2. The first-order valence-corrected chi connectivity index (χ1v) is 4.46. The van der Waals surface area contributed by atoms with Gasteiger partial charge in [-0.05, 0) is 0 Å². The van der Waals surface area contributed by atoms with Crippen molar-refractivity contribution in [2.45, 2.75) is 12.8 Å². The fourth-order valence-corrected chi connectivity index (χ4v) is 0.574. The maximum Gasteiger partial charge on any atom is 0.304 e. The van der Waals surface area contributed by atoms with E-state index in [1.54, 1.807) is 0 Å². The molecule has 0 aliphatic carbocycles. The molecule has 0 aromatic rings. The lowest BCUT2D eigenvalue weighted by Crippen LogP contribution is -1.93. The average molecular weight is 229 g/mol. The van der Waals surface area contributed by atoms with Crippen LogP contribution in [-0.2, 0) is 9.59 Å². The van der Waals surface area contributed by atoms with Crippen molar-refractivity contribution in [3.63, 3.8) is 0 Å². The highest BCUT2D eigenvalue weighted by molar-refractivity contribution is 7.80. The molecular formula is C6H15NO4S2. The van der Waals surface area contributed by atoms with Crippen molar-refractivity contribution in [2.75, 3.05) is 11.5 Å². The van der Waals surface area contributed by atoms with E-state index in [1.165, 1.54) is 0 Å². The largest absolute Gasteiger partial charge is 0.481 e. The lowest BCUT2D eigenvalue weighted by molar-refractivity contribution is -0.137. The Labute approximate surface area is 87.9 Å². The fourth-order valence-electron chi connectivity index (χ4n) is 0.191. The summed E-state index contributed by atoms with van der Waals surface area (Å²) in [4.78, 5) is 19.1. The van der Waals surface area contributed by atoms with E-state index in [4.69, 9.17) is 10.2 Å². The lowest BCUT2D eigenvalue weighted by Gasteiger charge is -1.79. The summed E-state index contributed by atoms with van der Waals surface area (Å²) in [6, 6.07) is 0. The summed E-state index contributed by atoms with van der Waals surface area (Å²) in [5, 5.41) is 15.7. The van der Waals surface area contributed by atoms with Crippen LogP contribution in [-0.4, -0.2) is 33.7 Å². The molecule has 0 aromatic heterocycles. The molecule has 0 bridgehead atoms. The molecule has 0 aliphatic heterocycles. The third-order valence-electron chi connectivity index (χ3n) is 0.651. The molecule has 0 unspecified atom stereocenters. The molecule has 5 N–H and O–H groups in total. The molecule has 0 radical (unpaired) electrons. The molecule has 0 spiro atoms. The highest BCUT2D eigenvalue weighted by Crippen LogP contribution is 1.80. The number of carboxylic acid groups (broad SMARTS) is 2. The molecule has 13 heavy (non-hydrogen) atoms. The van der Waals surface area contributed by atoms with Gasteiger partial charge < -0.3 is 16.4 Å². The Morgan fingerprint density at radius 2 is 1.15 bits per heavy atom. The zero-order chi connectivity index (χ0) is 9.98. The summed E-state index contributed by atoms with van der Waals surface area (Å²) in [7, 11) is 0. The van der Waals surface area contributed by atoms with Crippen molar-refractivity contribution in [1.82, 2.24) is 6.15 Å². The van der Waals surface area contributed by atoms with E-state index in [1.807, 2.05) is 0 Å². The highest BCUT2D eigenvalue weighted by Gasteiger charge is 1.88. The van der Waals surface area contributed by atoms with Crippen molar-refractivity contribution in [1.29, 1.82) is 0 Å². The second kappa shape index (κ2) is 14.1. The fraction of sp³-hybridized carbons (Fsp3) is 0.667. The first-order chi connectivity index (χ1) is 5.54. The van der Waals surface area contributed by atoms with Gasteiger partial charge in [-0.1, -0.05) is 0 Å². The summed E-state index contributed by atoms with van der Waals surface area (Å²) >= 11 is 7.36. The van der Waals surface area contributed by atoms with Crippen LogP contribution < -0.4 is 6.15 Å². The van der Waals surface area contributed by atoms with Gasteiger partial charge in [0.25, 0.3) is 0 Å². The van der Waals surface area contributed by atoms with E-state index < -0.39 is 11.9 Å². The van der Waals surface area contributed by atoms with Gasteiger partial charge in [-0.3, -0.25) is 9.59 Å². The molecule has 0 rings (SSSR count). The maximum atomic E-state index is 9.55. The number of carbonyl (C=O) groups is 2. The van der Waals surface area contributed by atoms with Crippen molar-refractivity contribution < 1.29 is 19.8 Å². The minimum atomic E-state index is -0.787. The molecule has 0 fully saturated rings. The number of aliphatic carboxylic acids is 2. The van der Waals surface area contributed by atoms with Crippen LogP contribution >= 0.6 is 25.3 Å². The normalized spacial score (nSPS) is 7.54. The zero-order valence-electron chi connectivity index (χ0n) is 7.14. The maximum absolute atomic E-state index is 9.55. The van der Waals surface area contributed by atoms with Gasteiger partial charge in [0.1, 0.15) is 0 Å². The molecule has 80 valence electrons. The number of hydrogen-bond donors (Lipinski definition) is 5. The molecule has 0 atom stereocenters. The molecule has 0 amide bonds. The van der Waals surface area contributed by atoms with E-state index in [9.17, 15) is 9.59 Å². The summed E-state index contributed by atoms with van der Waals surface area (Å²) in [5.74, 6) is -0.722. The van der Waals surface area contributed by atoms with Crippen LogP contribution in [0.2, 0.25) is 0 Å². The Hall–Kier alpha value is -0.400. The van der Waals surface area contributed by atoms with Gasteiger partial charge in [0, 0.05) is 11.5 Å². The molecule has 0 saturated carbocycles. The Bertz CT molecular complexity index is 127. The Morgan fingerprint density at radius 1 is 0.923 bits per heavy atom. The quantitative estimate of drug-likeness (QED) is 0.461. The van der Waals surface area contributed by atoms with Crippen LogP contribution in [0, 0.1) is 0 Å². The summed E-state index contributed by atoms with van der Waals surface area (Å²) in [5.41, 5.74) is 0. The Balaban J connectivity index is -0.000000143. The standard InChI is InChI=1S/2C3H6O2S.H3N/c2*4-3(5)1-2-6;/h2*6H,1-2H2,(H,4,5);1H3. The predicted octanol–water partition coefficient (Wildman–Crippen LogP) is 0.944. The second-order valence-corrected chi connectivity index (χ2v) is 2.63. The minimum absolute atomic E-state index is 0. The molecule has 0 saturated heterocycles. The molecule has 0 aliphatic rings. The number of hydrogen-bond acceptors (Lipinski definition) is 5. The molecule has 0 heterocycles. The SMILES string of the molecule is N.O=C(O)CCS.O=C(O)CCS. The van der Waals surface area contributed by atoms with E-state index in [0.29, 0.717) is 11.5 Å². The van der Waals surface area contributed by atoms with Crippen molar-refractivity contribution in [2.24, 2.45) is 0 Å². The van der Waals surface area contributed by atoms with E-state index >= 15 is 0 Å². The lowest BCUT2D eigenvalue weighted by atomic mass is 10.5. The zero-order valence-corrected chi connectivity index (χ0v) is 8.93. The first kappa shape index (κ1) is 18.4. The van der Waals surface area contributed by atoms with Gasteiger partial charge in [-0.2, -0.15) is 25.3 Å². The van der Waals surface area contributed by atoms with Gasteiger partial charge >= 0.3 is 11.9 Å². The van der Waals surface area contributed by atoms with E-state index in [0.717, 1.165) is 0 Å². The summed E-state index contributed by atoms with van der Waals surface area (Å²) in [6.07, 6.45) is 0.312. The van der Waals surface area contributed by atoms with E-state index in [2.05, 4.69) is 25.3 Å². The Morgan fingerprint density at radius 3 is 1.15 bits per heavy atom. The van der Waals surface area contributed by atoms with Crippen molar-refractivity contribution >= 4 is 37.2 Å². The topological polar surface area (TPSA) is 110 Å². The van der Waals surface area contributed by atoms with Crippen LogP contribution in [0.3, 0.4) is 0 Å². The van der Waals surface area contributed by atoms with Crippen LogP contribution in [0.1, 0.15) is 12.8 Å². The third-order valence-corrected chi connectivity index (χ3v) is 1.10. The smallest absolute Gasteiger partial charge is 0.304 e. The van der Waals surface area contributed by atoms with Gasteiger partial charge in [0.15, 0.2) is 0 Å². The van der Waals surface area contributed by atoms with Gasteiger partial charge in [-0.25, -0.2) is 0 Å². The molecular weight excluding hydrogens is 214 g/mol. The molecule has 7 heteroatoms. The first-order valence-electron chi connectivity index (χ1n) is 3.20. The minimum Gasteiger partial charge on any atom is -0.481 e. The van der Waals surface area contributed by atoms with E-state index in [-0.39, 0.29) is 19.0 Å². The van der Waals surface area contributed by atoms with Gasteiger partial charge in [-0.15, -0.1) is 0 Å². The van der Waals surface area contributed by atoms with Crippen molar-refractivity contribution in [3.8, 4) is 0 Å². The van der Waals surface area contributed by atoms with Crippen LogP contribution in [0.4, 0.5) is 0 Å². The highest BCUT2D eigenvalue weighted by atomic mass is 32.1. The average Bonchev–Trinajstić information content (AvgIpc) is 1.87. The monoisotopic (exact) mass is 229 g/mol. The molecule has 0 aromatic carbocycles. The van der Waals surface area contributed by atoms with Crippen LogP contribution in [0.5, 0.6) is 0 Å². The number of rotatable bonds is 4. The van der Waals surface area contributed by atoms with Crippen molar-refractivity contribution in [3.05, 3.63) is 0 Å². The van der Waals surface area contributed by atoms with Gasteiger partial charge in [0.05, 0.1) is 12.8 Å². The molecule has 5 nitrogen and oxygen atoms in total. The van der Waals surface area contributed by atoms with Crippen LogP contribution in [0.25, 0.3) is 0 Å². The third kappa shape index (κ3) is 34.1. The summed E-state index contributed by atoms with van der Waals surface area (Å²) in [6.45, 7) is 0. The summed E-state index contributed by atoms with van der Waals surface area (Å²) < 4.78 is 0. The second-order valence-electron chi connectivity index (χ2n) is 1.73. The van der Waals surface area contributed by atoms with Gasteiger partial charge in [0.2, 0.25) is 0 Å². The van der Waals surface area contributed by atoms with Crippen LogP contribution in [0.15, 0.2) is 0 Å². The number of carboxylic acids is 2. The predicted molar refractivity (Wildman–Crippen MR) is 57.2 cm³/mol.